The van der Waals surface area contributed by atoms with E-state index in [4.69, 9.17) is 15.1 Å². The van der Waals surface area contributed by atoms with Crippen LogP contribution in [0.1, 0.15) is 84.0 Å². The Morgan fingerprint density at radius 3 is 1.81 bits per heavy atom. The van der Waals surface area contributed by atoms with Crippen LogP contribution in [-0.2, 0) is 18.4 Å². The normalized spacial score (nSPS) is 14.4. The standard InChI is InChI=1S/C14H28O.C8H20NO6P/c1-2-3-4-5-6-7-8-9-10-11-12-13-14-15;1-9(2,3)4-5-14-16(12,13)15-7-8(11)6-10/h14H,2-13H2,1H3;8,10-11H,4-7H2,1-3H3/p+1. The van der Waals surface area contributed by atoms with Crippen molar-refractivity contribution in [1.82, 2.24) is 0 Å². The largest absolute Gasteiger partial charge is 0.472 e. The van der Waals surface area contributed by atoms with E-state index < -0.39 is 27.1 Å². The van der Waals surface area contributed by atoms with Crippen molar-refractivity contribution in [3.05, 3.63) is 0 Å². The van der Waals surface area contributed by atoms with Gasteiger partial charge in [0.1, 0.15) is 25.5 Å². The van der Waals surface area contributed by atoms with Gasteiger partial charge in [0.2, 0.25) is 0 Å². The second-order valence-electron chi connectivity index (χ2n) is 8.94. The zero-order valence-electron chi connectivity index (χ0n) is 20.3. The van der Waals surface area contributed by atoms with Crippen molar-refractivity contribution in [2.45, 2.75) is 90.1 Å². The Balaban J connectivity index is 0. The molecule has 0 bridgehead atoms. The molecule has 0 amide bonds. The summed E-state index contributed by atoms with van der Waals surface area (Å²) in [5.74, 6) is 0. The van der Waals surface area contributed by atoms with E-state index in [9.17, 15) is 9.36 Å². The van der Waals surface area contributed by atoms with Crippen LogP contribution in [0.2, 0.25) is 0 Å². The van der Waals surface area contributed by atoms with Gasteiger partial charge >= 0.3 is 7.82 Å². The fraction of sp³-hybridized carbons (Fsp3) is 0.955. The van der Waals surface area contributed by atoms with Crippen LogP contribution in [-0.4, -0.2) is 79.5 Å². The quantitative estimate of drug-likeness (QED) is 0.106. The molecule has 9 heteroatoms. The average Bonchev–Trinajstić information content (AvgIpc) is 2.69. The minimum absolute atomic E-state index is 0.0759. The third-order valence-corrected chi connectivity index (χ3v) is 5.57. The van der Waals surface area contributed by atoms with Crippen molar-refractivity contribution < 1.29 is 38.0 Å². The molecule has 0 aliphatic carbocycles. The third kappa shape index (κ3) is 29.7. The topological polar surface area (TPSA) is 113 Å². The first kappa shape index (κ1) is 32.8. The number of hydrogen-bond acceptors (Lipinski definition) is 6. The highest BCUT2D eigenvalue weighted by Gasteiger charge is 2.23. The van der Waals surface area contributed by atoms with Gasteiger partial charge in [0.25, 0.3) is 0 Å². The number of likely N-dealkylation sites (N-methyl/N-ethyl adjacent to an activating group) is 1. The van der Waals surface area contributed by atoms with Crippen molar-refractivity contribution in [3.8, 4) is 0 Å². The fourth-order valence-electron chi connectivity index (χ4n) is 2.59. The summed E-state index contributed by atoms with van der Waals surface area (Å²) >= 11 is 0. The smallest absolute Gasteiger partial charge is 0.394 e. The highest BCUT2D eigenvalue weighted by atomic mass is 31.2. The molecule has 0 fully saturated rings. The van der Waals surface area contributed by atoms with Gasteiger partial charge in [-0.05, 0) is 6.42 Å². The van der Waals surface area contributed by atoms with Crippen molar-refractivity contribution >= 4 is 14.1 Å². The molecule has 2 atom stereocenters. The zero-order valence-corrected chi connectivity index (χ0v) is 21.2. The summed E-state index contributed by atoms with van der Waals surface area (Å²) in [4.78, 5) is 19.2. The number of aldehydes is 1. The van der Waals surface area contributed by atoms with Crippen molar-refractivity contribution in [3.63, 3.8) is 0 Å². The summed E-state index contributed by atoms with van der Waals surface area (Å²) in [6, 6.07) is 0. The molecule has 8 nitrogen and oxygen atoms in total. The van der Waals surface area contributed by atoms with Gasteiger partial charge in [-0.25, -0.2) is 4.57 Å². The van der Waals surface area contributed by atoms with Crippen LogP contribution < -0.4 is 0 Å². The summed E-state index contributed by atoms with van der Waals surface area (Å²) in [5, 5.41) is 17.4. The van der Waals surface area contributed by atoms with Crippen LogP contribution >= 0.6 is 7.82 Å². The maximum atomic E-state index is 11.2. The fourth-order valence-corrected chi connectivity index (χ4v) is 3.34. The Bertz CT molecular complexity index is 444. The van der Waals surface area contributed by atoms with Gasteiger partial charge in [0.15, 0.2) is 0 Å². The molecule has 0 aromatic heterocycles. The number of phosphoric acid groups is 1. The first-order valence-electron chi connectivity index (χ1n) is 11.7. The van der Waals surface area contributed by atoms with E-state index in [1.165, 1.54) is 64.2 Å². The van der Waals surface area contributed by atoms with E-state index in [0.717, 1.165) is 19.1 Å². The minimum atomic E-state index is -4.13. The van der Waals surface area contributed by atoms with Gasteiger partial charge in [-0.1, -0.05) is 71.1 Å². The lowest BCUT2D eigenvalue weighted by Crippen LogP contribution is -2.37. The third-order valence-electron chi connectivity index (χ3n) is 4.58. The van der Waals surface area contributed by atoms with Gasteiger partial charge in [0, 0.05) is 6.42 Å². The van der Waals surface area contributed by atoms with E-state index in [0.29, 0.717) is 11.0 Å². The molecule has 3 N–H and O–H groups in total. The van der Waals surface area contributed by atoms with Crippen LogP contribution in [0, 0.1) is 0 Å². The second kappa shape index (κ2) is 21.5. The van der Waals surface area contributed by atoms with E-state index in [-0.39, 0.29) is 6.61 Å². The summed E-state index contributed by atoms with van der Waals surface area (Å²) in [6.07, 6.45) is 15.5. The van der Waals surface area contributed by atoms with Gasteiger partial charge < -0.3 is 24.4 Å². The maximum absolute atomic E-state index is 11.2. The monoisotopic (exact) mass is 470 g/mol. The minimum Gasteiger partial charge on any atom is -0.394 e. The Kier molecular flexibility index (Phi) is 22.8. The predicted molar refractivity (Wildman–Crippen MR) is 125 cm³/mol. The van der Waals surface area contributed by atoms with Crippen LogP contribution in [0.5, 0.6) is 0 Å². The number of rotatable bonds is 20. The van der Waals surface area contributed by atoms with Crippen molar-refractivity contribution in [2.75, 3.05) is 47.5 Å². The Hall–Kier alpha value is -0.340. The van der Waals surface area contributed by atoms with Crippen LogP contribution in [0.4, 0.5) is 0 Å². The molecule has 0 saturated heterocycles. The van der Waals surface area contributed by atoms with E-state index >= 15 is 0 Å². The Morgan fingerprint density at radius 1 is 0.903 bits per heavy atom. The first-order chi connectivity index (χ1) is 14.6. The number of unbranched alkanes of at least 4 members (excludes halogenated alkanes) is 11. The molecular formula is C22H49NO7P+. The van der Waals surface area contributed by atoms with Gasteiger partial charge in [-0.15, -0.1) is 0 Å². The number of carbonyl (C=O) groups is 1. The molecule has 0 aromatic rings. The first-order valence-corrected chi connectivity index (χ1v) is 13.2. The van der Waals surface area contributed by atoms with Crippen LogP contribution in [0.25, 0.3) is 0 Å². The number of quaternary nitrogens is 1. The Labute approximate surface area is 190 Å². The molecule has 0 aliphatic heterocycles. The lowest BCUT2D eigenvalue weighted by Gasteiger charge is -2.24. The summed E-state index contributed by atoms with van der Waals surface area (Å²) < 4.78 is 21.0. The lowest BCUT2D eigenvalue weighted by atomic mass is 10.1. The maximum Gasteiger partial charge on any atom is 0.472 e. The molecule has 0 rings (SSSR count). The van der Waals surface area contributed by atoms with Crippen molar-refractivity contribution in [1.29, 1.82) is 0 Å². The molecular weight excluding hydrogens is 421 g/mol. The number of aliphatic hydroxyl groups excluding tert-OH is 2. The van der Waals surface area contributed by atoms with Gasteiger partial charge in [0.05, 0.1) is 34.4 Å². The van der Waals surface area contributed by atoms with E-state index in [1.807, 2.05) is 21.1 Å². The molecule has 0 saturated carbocycles. The number of hydrogen-bond donors (Lipinski definition) is 3. The van der Waals surface area contributed by atoms with Gasteiger partial charge in [-0.3, -0.25) is 9.05 Å². The van der Waals surface area contributed by atoms with Gasteiger partial charge in [-0.2, -0.15) is 0 Å². The number of nitrogens with zero attached hydrogens (tertiary/aromatic N) is 1. The zero-order chi connectivity index (χ0) is 24.0. The molecule has 0 heterocycles. The number of aliphatic hydroxyl groups is 2. The highest BCUT2D eigenvalue weighted by molar-refractivity contribution is 7.47. The van der Waals surface area contributed by atoms with Crippen LogP contribution in [0.3, 0.4) is 0 Å². The van der Waals surface area contributed by atoms with E-state index in [1.54, 1.807) is 0 Å². The predicted octanol–water partition coefficient (Wildman–Crippen LogP) is 4.07. The molecule has 188 valence electrons. The summed E-state index contributed by atoms with van der Waals surface area (Å²) in [7, 11) is 1.63. The molecule has 2 unspecified atom stereocenters. The summed E-state index contributed by atoms with van der Waals surface area (Å²) in [5.41, 5.74) is 0. The van der Waals surface area contributed by atoms with Crippen LogP contribution in [0.15, 0.2) is 0 Å². The number of carbonyl (C=O) groups excluding carboxylic acids is 1. The molecule has 0 spiro atoms. The second-order valence-corrected chi connectivity index (χ2v) is 10.4. The van der Waals surface area contributed by atoms with Crippen molar-refractivity contribution in [2.24, 2.45) is 0 Å². The molecule has 31 heavy (non-hydrogen) atoms. The lowest BCUT2D eigenvalue weighted by molar-refractivity contribution is -0.870. The molecule has 0 aliphatic rings. The summed E-state index contributed by atoms with van der Waals surface area (Å²) in [6.45, 7) is 1.93. The Morgan fingerprint density at radius 2 is 1.39 bits per heavy atom. The van der Waals surface area contributed by atoms with E-state index in [2.05, 4.69) is 16.0 Å². The SMILES string of the molecule is CCCCCCCCCCCCCC=O.C[N+](C)(C)CCOP(=O)(O)OCC(O)CO. The average molecular weight is 471 g/mol. The number of phosphoric ester groups is 1. The highest BCUT2D eigenvalue weighted by Crippen LogP contribution is 2.43. The molecule has 0 radical (unpaired) electrons. The molecule has 0 aromatic carbocycles.